The van der Waals surface area contributed by atoms with E-state index in [2.05, 4.69) is 6.07 Å². The molecule has 0 aliphatic carbocycles. The SMILES string of the molecule is CC[C@@H](CCC#N)N1C(=O)[C@@H](CC(=O)O)C[C@H](c2cccc(Cl)c2)[C@H]1c1ccc(Cl)cc1. The zero-order valence-corrected chi connectivity index (χ0v) is 19.4. The van der Waals surface area contributed by atoms with Crippen molar-refractivity contribution in [2.75, 3.05) is 0 Å². The van der Waals surface area contributed by atoms with Gasteiger partial charge in [-0.25, -0.2) is 0 Å². The second-order valence-corrected chi connectivity index (χ2v) is 9.07. The summed E-state index contributed by atoms with van der Waals surface area (Å²) in [7, 11) is 0. The Bertz CT molecular complexity index is 1000. The van der Waals surface area contributed by atoms with Crippen molar-refractivity contribution in [3.8, 4) is 6.07 Å². The van der Waals surface area contributed by atoms with Gasteiger partial charge in [-0.15, -0.1) is 0 Å². The maximum atomic E-state index is 13.6. The van der Waals surface area contributed by atoms with Gasteiger partial charge >= 0.3 is 5.97 Å². The van der Waals surface area contributed by atoms with Gasteiger partial charge in [-0.05, 0) is 54.7 Å². The van der Waals surface area contributed by atoms with Crippen LogP contribution >= 0.6 is 23.2 Å². The van der Waals surface area contributed by atoms with Crippen LogP contribution in [-0.4, -0.2) is 27.9 Å². The molecular formula is C25H26Cl2N2O3. The molecule has 1 amide bonds. The number of amides is 1. The van der Waals surface area contributed by atoms with Gasteiger partial charge in [-0.1, -0.05) is 54.4 Å². The molecule has 3 rings (SSSR count). The summed E-state index contributed by atoms with van der Waals surface area (Å²) in [5, 5.41) is 19.8. The van der Waals surface area contributed by atoms with Crippen LogP contribution in [0.25, 0.3) is 0 Å². The fraction of sp³-hybridized carbons (Fsp3) is 0.400. The summed E-state index contributed by atoms with van der Waals surface area (Å²) >= 11 is 12.4. The summed E-state index contributed by atoms with van der Waals surface area (Å²) in [6, 6.07) is 16.6. The van der Waals surface area contributed by atoms with E-state index in [1.165, 1.54) is 0 Å². The molecule has 0 aromatic heterocycles. The maximum Gasteiger partial charge on any atom is 0.304 e. The van der Waals surface area contributed by atoms with Crippen molar-refractivity contribution in [3.63, 3.8) is 0 Å². The Balaban J connectivity index is 2.16. The first-order valence-corrected chi connectivity index (χ1v) is 11.5. The highest BCUT2D eigenvalue weighted by molar-refractivity contribution is 6.30. The number of aliphatic carboxylic acids is 1. The van der Waals surface area contributed by atoms with Gasteiger partial charge in [0.1, 0.15) is 0 Å². The zero-order valence-electron chi connectivity index (χ0n) is 17.9. The molecule has 1 saturated heterocycles. The molecule has 0 spiro atoms. The average Bonchev–Trinajstić information content (AvgIpc) is 2.76. The van der Waals surface area contributed by atoms with Gasteiger partial charge in [-0.3, -0.25) is 9.59 Å². The number of carbonyl (C=O) groups excluding carboxylic acids is 1. The third-order valence-electron chi connectivity index (χ3n) is 6.19. The first kappa shape index (κ1) is 24.1. The van der Waals surface area contributed by atoms with Crippen LogP contribution in [0.4, 0.5) is 0 Å². The van der Waals surface area contributed by atoms with E-state index in [9.17, 15) is 14.7 Å². The van der Waals surface area contributed by atoms with E-state index in [1.807, 2.05) is 42.2 Å². The Hall–Kier alpha value is -2.55. The molecule has 1 heterocycles. The lowest BCUT2D eigenvalue weighted by Gasteiger charge is -2.48. The molecule has 0 unspecified atom stereocenters. The minimum atomic E-state index is -0.997. The van der Waals surface area contributed by atoms with Crippen LogP contribution in [-0.2, 0) is 9.59 Å². The van der Waals surface area contributed by atoms with Crippen LogP contribution in [0.15, 0.2) is 48.5 Å². The van der Waals surface area contributed by atoms with E-state index in [0.29, 0.717) is 35.7 Å². The number of carboxylic acids is 1. The number of likely N-dealkylation sites (tertiary alicyclic amines) is 1. The smallest absolute Gasteiger partial charge is 0.304 e. The lowest BCUT2D eigenvalue weighted by molar-refractivity contribution is -0.152. The van der Waals surface area contributed by atoms with Crippen LogP contribution in [0.5, 0.6) is 0 Å². The first-order valence-electron chi connectivity index (χ1n) is 10.8. The number of carbonyl (C=O) groups is 2. The molecular weight excluding hydrogens is 447 g/mol. The molecule has 2 aromatic carbocycles. The van der Waals surface area contributed by atoms with E-state index < -0.39 is 11.9 Å². The van der Waals surface area contributed by atoms with Gasteiger partial charge in [0, 0.05) is 34.3 Å². The summed E-state index contributed by atoms with van der Waals surface area (Å²) in [4.78, 5) is 27.1. The second kappa shape index (κ2) is 10.8. The number of halogens is 2. The van der Waals surface area contributed by atoms with Gasteiger partial charge in [0.05, 0.1) is 18.5 Å². The van der Waals surface area contributed by atoms with Gasteiger partial charge in [-0.2, -0.15) is 5.26 Å². The number of nitriles is 1. The Kier molecular flexibility index (Phi) is 8.17. The van der Waals surface area contributed by atoms with E-state index in [-0.39, 0.29) is 30.3 Å². The van der Waals surface area contributed by atoms with Crippen molar-refractivity contribution >= 4 is 35.1 Å². The van der Waals surface area contributed by atoms with E-state index in [4.69, 9.17) is 28.5 Å². The Morgan fingerprint density at radius 2 is 1.91 bits per heavy atom. The van der Waals surface area contributed by atoms with Crippen molar-refractivity contribution in [1.82, 2.24) is 4.90 Å². The quantitative estimate of drug-likeness (QED) is 0.493. The maximum absolute atomic E-state index is 13.6. The van der Waals surface area contributed by atoms with Crippen LogP contribution in [0.2, 0.25) is 10.0 Å². The molecule has 0 saturated carbocycles. The highest BCUT2D eigenvalue weighted by Crippen LogP contribution is 2.48. The number of hydrogen-bond donors (Lipinski definition) is 1. The summed E-state index contributed by atoms with van der Waals surface area (Å²) < 4.78 is 0. The van der Waals surface area contributed by atoms with Crippen molar-refractivity contribution in [2.24, 2.45) is 5.92 Å². The fourth-order valence-electron chi connectivity index (χ4n) is 4.75. The van der Waals surface area contributed by atoms with Crippen molar-refractivity contribution in [2.45, 2.75) is 57.0 Å². The number of benzene rings is 2. The van der Waals surface area contributed by atoms with Gasteiger partial charge in [0.25, 0.3) is 0 Å². The molecule has 1 N–H and O–H groups in total. The molecule has 1 aliphatic rings. The molecule has 0 radical (unpaired) electrons. The molecule has 7 heteroatoms. The van der Waals surface area contributed by atoms with Crippen LogP contribution in [0.1, 0.15) is 62.1 Å². The normalized spacial score (nSPS) is 21.8. The van der Waals surface area contributed by atoms with E-state index >= 15 is 0 Å². The summed E-state index contributed by atoms with van der Waals surface area (Å²) in [5.41, 5.74) is 1.89. The fourth-order valence-corrected chi connectivity index (χ4v) is 5.07. The number of nitrogens with zero attached hydrogens (tertiary/aromatic N) is 2. The Labute approximate surface area is 198 Å². The second-order valence-electron chi connectivity index (χ2n) is 8.19. The van der Waals surface area contributed by atoms with Gasteiger partial charge in [0.15, 0.2) is 0 Å². The highest BCUT2D eigenvalue weighted by atomic mass is 35.5. The molecule has 4 atom stereocenters. The van der Waals surface area contributed by atoms with Crippen molar-refractivity contribution < 1.29 is 14.7 Å². The van der Waals surface area contributed by atoms with Crippen molar-refractivity contribution in [3.05, 3.63) is 69.7 Å². The summed E-state index contributed by atoms with van der Waals surface area (Å²) in [6.07, 6.45) is 1.70. The molecule has 32 heavy (non-hydrogen) atoms. The molecule has 1 fully saturated rings. The summed E-state index contributed by atoms with van der Waals surface area (Å²) in [5.74, 6) is -1.96. The van der Waals surface area contributed by atoms with E-state index in [0.717, 1.165) is 11.1 Å². The topological polar surface area (TPSA) is 81.4 Å². The minimum absolute atomic E-state index is 0.145. The Morgan fingerprint density at radius 3 is 2.50 bits per heavy atom. The first-order chi connectivity index (χ1) is 15.3. The van der Waals surface area contributed by atoms with Gasteiger partial charge < -0.3 is 10.0 Å². The monoisotopic (exact) mass is 472 g/mol. The molecule has 2 aromatic rings. The standard InChI is InChI=1S/C25H26Cl2N2O3/c1-2-21(7-4-12-28)29-24(16-8-10-19(26)11-9-16)22(17-5-3-6-20(27)13-17)14-18(25(29)32)15-23(30)31/h3,5-6,8-11,13,18,21-22,24H,2,4,7,14-15H2,1H3,(H,30,31)/t18-,21+,22-,24-/m1/s1. The Morgan fingerprint density at radius 1 is 1.19 bits per heavy atom. The predicted octanol–water partition coefficient (Wildman–Crippen LogP) is 6.22. The third kappa shape index (κ3) is 5.43. The van der Waals surface area contributed by atoms with Crippen molar-refractivity contribution in [1.29, 1.82) is 5.26 Å². The molecule has 1 aliphatic heterocycles. The average molecular weight is 473 g/mol. The molecule has 5 nitrogen and oxygen atoms in total. The van der Waals surface area contributed by atoms with Crippen LogP contribution in [0.3, 0.4) is 0 Å². The number of carboxylic acid groups (broad SMARTS) is 1. The highest BCUT2D eigenvalue weighted by Gasteiger charge is 2.45. The van der Waals surface area contributed by atoms with Crippen LogP contribution in [0, 0.1) is 17.2 Å². The lowest BCUT2D eigenvalue weighted by atomic mass is 9.74. The lowest BCUT2D eigenvalue weighted by Crippen LogP contribution is -2.52. The van der Waals surface area contributed by atoms with Gasteiger partial charge in [0.2, 0.25) is 5.91 Å². The predicted molar refractivity (Wildman–Crippen MR) is 125 cm³/mol. The van der Waals surface area contributed by atoms with Crippen LogP contribution < -0.4 is 0 Å². The van der Waals surface area contributed by atoms with E-state index in [1.54, 1.807) is 18.2 Å². The molecule has 168 valence electrons. The zero-order chi connectivity index (χ0) is 23.3. The third-order valence-corrected chi connectivity index (χ3v) is 6.67. The molecule has 0 bridgehead atoms. The number of hydrogen-bond acceptors (Lipinski definition) is 3. The number of rotatable bonds is 8. The number of piperidine rings is 1. The summed E-state index contributed by atoms with van der Waals surface area (Å²) in [6.45, 7) is 1.99. The largest absolute Gasteiger partial charge is 0.481 e. The minimum Gasteiger partial charge on any atom is -0.481 e.